The summed E-state index contributed by atoms with van der Waals surface area (Å²) in [5.74, 6) is 2.07. The maximum atomic E-state index is 12.0. The molecule has 1 aromatic heterocycles. The molecule has 0 spiro atoms. The fourth-order valence-corrected chi connectivity index (χ4v) is 4.56. The van der Waals surface area contributed by atoms with Crippen molar-refractivity contribution >= 4 is 52.4 Å². The zero-order chi connectivity index (χ0) is 19.4. The fourth-order valence-electron chi connectivity index (χ4n) is 3.07. The van der Waals surface area contributed by atoms with E-state index in [1.807, 2.05) is 15.9 Å². The van der Waals surface area contributed by atoms with E-state index in [-0.39, 0.29) is 5.70 Å². The number of aliphatic imine (C=N–C) groups is 1. The molecule has 27 heavy (non-hydrogen) atoms. The second-order valence-electron chi connectivity index (χ2n) is 6.01. The molecule has 0 unspecified atom stereocenters. The van der Waals surface area contributed by atoms with Crippen LogP contribution in [0.2, 0.25) is 5.15 Å². The third-order valence-corrected chi connectivity index (χ3v) is 5.87. The topological polar surface area (TPSA) is 74.9 Å². The van der Waals surface area contributed by atoms with E-state index in [1.165, 1.54) is 0 Å². The van der Waals surface area contributed by atoms with Gasteiger partial charge in [-0.1, -0.05) is 40.9 Å². The number of nitro groups is 1. The van der Waals surface area contributed by atoms with Crippen LogP contribution < -0.4 is 0 Å². The van der Waals surface area contributed by atoms with Crippen molar-refractivity contribution in [3.8, 4) is 0 Å². The first kappa shape index (κ1) is 20.5. The number of alkyl halides is 2. The zero-order valence-corrected chi connectivity index (χ0v) is 17.4. The molecule has 3 rings (SSSR count). The van der Waals surface area contributed by atoms with Gasteiger partial charge in [0.25, 0.3) is 0 Å². The Labute approximate surface area is 176 Å². The lowest BCUT2D eigenvalue weighted by Gasteiger charge is -2.31. The van der Waals surface area contributed by atoms with Crippen LogP contribution in [0.25, 0.3) is 0 Å². The maximum Gasteiger partial charge on any atom is 0.332 e. The lowest BCUT2D eigenvalue weighted by molar-refractivity contribution is -0.418. The lowest BCUT2D eigenvalue weighted by atomic mass is 10.2. The highest BCUT2D eigenvalue weighted by molar-refractivity contribution is 7.99. The van der Waals surface area contributed by atoms with E-state index in [0.717, 1.165) is 17.1 Å². The van der Waals surface area contributed by atoms with Crippen molar-refractivity contribution in [3.05, 3.63) is 50.6 Å². The number of halogens is 3. The van der Waals surface area contributed by atoms with Gasteiger partial charge in [-0.2, -0.15) is 11.8 Å². The molecule has 0 amide bonds. The number of aromatic nitrogens is 1. The molecule has 2 aliphatic heterocycles. The van der Waals surface area contributed by atoms with Crippen LogP contribution in [0, 0.1) is 10.1 Å². The van der Waals surface area contributed by atoms with E-state index in [4.69, 9.17) is 34.8 Å². The first-order valence-corrected chi connectivity index (χ1v) is 10.8. The van der Waals surface area contributed by atoms with Crippen LogP contribution >= 0.6 is 46.6 Å². The summed E-state index contributed by atoms with van der Waals surface area (Å²) in [6.07, 6.45) is 1.66. The van der Waals surface area contributed by atoms with Crippen molar-refractivity contribution in [2.45, 2.75) is 11.4 Å². The summed E-state index contributed by atoms with van der Waals surface area (Å²) in [7, 11) is 0. The normalized spacial score (nSPS) is 18.6. The van der Waals surface area contributed by atoms with Crippen molar-refractivity contribution in [3.63, 3.8) is 0 Å². The summed E-state index contributed by atoms with van der Waals surface area (Å²) in [6.45, 7) is 2.84. The molecule has 146 valence electrons. The molecule has 7 nitrogen and oxygen atoms in total. The fraction of sp³-hybridized carbons (Fsp3) is 0.500. The summed E-state index contributed by atoms with van der Waals surface area (Å²) in [4.78, 5) is 22.8. The number of pyridine rings is 1. The van der Waals surface area contributed by atoms with Gasteiger partial charge in [-0.25, -0.2) is 4.98 Å². The molecule has 0 saturated carbocycles. The standard InChI is InChI=1S/C16H18Cl3N5O2S/c17-12-2-1-11(9-21-12)10-23-4-3-20-16(23)14(24(25)26)13(15(18)19)22-5-7-27-8-6-22/h1-2,9,15H,3-8,10H2. The van der Waals surface area contributed by atoms with Gasteiger partial charge in [-0.15, -0.1) is 0 Å². The highest BCUT2D eigenvalue weighted by Gasteiger charge is 2.37. The molecule has 0 radical (unpaired) electrons. The Balaban J connectivity index is 1.93. The Morgan fingerprint density at radius 2 is 2.04 bits per heavy atom. The van der Waals surface area contributed by atoms with Crippen LogP contribution in [0.5, 0.6) is 0 Å². The number of thioether (sulfide) groups is 1. The molecule has 2 aliphatic rings. The van der Waals surface area contributed by atoms with Crippen LogP contribution in [-0.4, -0.2) is 68.1 Å². The third-order valence-electron chi connectivity index (χ3n) is 4.29. The minimum absolute atomic E-state index is 0.115. The predicted molar refractivity (Wildman–Crippen MR) is 110 cm³/mol. The Kier molecular flexibility index (Phi) is 7.08. The smallest absolute Gasteiger partial charge is 0.332 e. The molecule has 1 fully saturated rings. The van der Waals surface area contributed by atoms with Crippen LogP contribution in [0.4, 0.5) is 0 Å². The van der Waals surface area contributed by atoms with E-state index in [0.29, 0.717) is 49.4 Å². The largest absolute Gasteiger partial charge is 0.365 e. The quantitative estimate of drug-likeness (QED) is 0.286. The van der Waals surface area contributed by atoms with Crippen LogP contribution in [0.1, 0.15) is 5.56 Å². The van der Waals surface area contributed by atoms with Gasteiger partial charge in [0.05, 0.1) is 11.5 Å². The van der Waals surface area contributed by atoms with Crippen LogP contribution in [-0.2, 0) is 6.54 Å². The Hall–Kier alpha value is -1.22. The predicted octanol–water partition coefficient (Wildman–Crippen LogP) is 3.29. The van der Waals surface area contributed by atoms with Crippen LogP contribution in [0.3, 0.4) is 0 Å². The molecule has 0 N–H and O–H groups in total. The lowest BCUT2D eigenvalue weighted by Crippen LogP contribution is -2.39. The van der Waals surface area contributed by atoms with Gasteiger partial charge in [-0.3, -0.25) is 15.1 Å². The molecule has 0 aromatic carbocycles. The Bertz CT molecular complexity index is 751. The summed E-state index contributed by atoms with van der Waals surface area (Å²) < 4.78 is 0. The number of nitrogens with zero attached hydrogens (tertiary/aromatic N) is 5. The minimum atomic E-state index is -1.00. The van der Waals surface area contributed by atoms with E-state index in [9.17, 15) is 10.1 Å². The number of amidine groups is 1. The number of hydrogen-bond donors (Lipinski definition) is 0. The monoisotopic (exact) mass is 449 g/mol. The van der Waals surface area contributed by atoms with E-state index < -0.39 is 9.76 Å². The first-order chi connectivity index (χ1) is 13.0. The van der Waals surface area contributed by atoms with Crippen molar-refractivity contribution in [2.24, 2.45) is 4.99 Å². The van der Waals surface area contributed by atoms with Gasteiger partial charge < -0.3 is 9.80 Å². The van der Waals surface area contributed by atoms with Gasteiger partial charge in [-0.05, 0) is 11.6 Å². The number of rotatable bonds is 6. The molecule has 1 saturated heterocycles. The van der Waals surface area contributed by atoms with E-state index in [2.05, 4.69) is 9.98 Å². The highest BCUT2D eigenvalue weighted by Crippen LogP contribution is 2.28. The number of hydrogen-bond acceptors (Lipinski definition) is 7. The molecule has 11 heteroatoms. The van der Waals surface area contributed by atoms with Gasteiger partial charge in [0, 0.05) is 43.9 Å². The molecule has 0 bridgehead atoms. The highest BCUT2D eigenvalue weighted by atomic mass is 35.5. The third kappa shape index (κ3) is 4.99. The summed E-state index contributed by atoms with van der Waals surface area (Å²) in [5.41, 5.74) is 1.10. The molecular weight excluding hydrogens is 433 g/mol. The van der Waals surface area contributed by atoms with Gasteiger partial charge in [0.2, 0.25) is 5.84 Å². The SMILES string of the molecule is O=[N+]([O-])C(C1=NCCN1Cc1ccc(Cl)nc1)=C(C(Cl)Cl)N1CCSCC1. The Morgan fingerprint density at radius 3 is 2.63 bits per heavy atom. The van der Waals surface area contributed by atoms with Gasteiger partial charge in [0.15, 0.2) is 4.84 Å². The first-order valence-electron chi connectivity index (χ1n) is 8.37. The second-order valence-corrected chi connectivity index (χ2v) is 8.72. The van der Waals surface area contributed by atoms with Crippen molar-refractivity contribution in [1.29, 1.82) is 0 Å². The average Bonchev–Trinajstić information content (AvgIpc) is 3.09. The van der Waals surface area contributed by atoms with Crippen molar-refractivity contribution < 1.29 is 4.92 Å². The summed E-state index contributed by atoms with van der Waals surface area (Å²) in [6, 6.07) is 3.54. The van der Waals surface area contributed by atoms with Crippen LogP contribution in [0.15, 0.2) is 34.7 Å². The summed E-state index contributed by atoms with van der Waals surface area (Å²) in [5, 5.41) is 12.4. The number of allylic oxidation sites excluding steroid dienone is 1. The molecule has 3 heterocycles. The van der Waals surface area contributed by atoms with Crippen molar-refractivity contribution in [2.75, 3.05) is 37.7 Å². The molecular formula is C16H18Cl3N5O2S. The van der Waals surface area contributed by atoms with Gasteiger partial charge >= 0.3 is 5.70 Å². The molecule has 0 aliphatic carbocycles. The minimum Gasteiger partial charge on any atom is -0.365 e. The van der Waals surface area contributed by atoms with E-state index in [1.54, 1.807) is 24.0 Å². The zero-order valence-electron chi connectivity index (χ0n) is 14.4. The summed E-state index contributed by atoms with van der Waals surface area (Å²) >= 11 is 20.0. The molecule has 1 aromatic rings. The van der Waals surface area contributed by atoms with Crippen molar-refractivity contribution in [1.82, 2.24) is 14.8 Å². The molecule has 0 atom stereocenters. The van der Waals surface area contributed by atoms with E-state index >= 15 is 0 Å². The second kappa shape index (κ2) is 9.32. The Morgan fingerprint density at radius 1 is 1.30 bits per heavy atom. The maximum absolute atomic E-state index is 12.0. The average molecular weight is 451 g/mol. The van der Waals surface area contributed by atoms with Gasteiger partial charge in [0.1, 0.15) is 10.9 Å².